The lowest BCUT2D eigenvalue weighted by molar-refractivity contribution is -0.165. The number of aliphatic carboxylic acids is 1. The average molecular weight is 356 g/mol. The second-order valence-electron chi connectivity index (χ2n) is 5.82. The highest BCUT2D eigenvalue weighted by atomic mass is 19.3. The van der Waals surface area contributed by atoms with Crippen LogP contribution in [0.4, 0.5) is 8.78 Å². The van der Waals surface area contributed by atoms with Gasteiger partial charge in [-0.3, -0.25) is 0 Å². The molecule has 0 aliphatic carbocycles. The van der Waals surface area contributed by atoms with Crippen LogP contribution in [-0.4, -0.2) is 22.1 Å². The van der Waals surface area contributed by atoms with E-state index < -0.39 is 18.3 Å². The van der Waals surface area contributed by atoms with Gasteiger partial charge in [0.15, 0.2) is 0 Å². The van der Waals surface area contributed by atoms with Gasteiger partial charge in [0.1, 0.15) is 0 Å². The van der Waals surface area contributed by atoms with E-state index in [4.69, 9.17) is 5.11 Å². The van der Waals surface area contributed by atoms with E-state index in [1.54, 1.807) is 12.2 Å². The molecule has 0 spiro atoms. The molecule has 0 saturated heterocycles. The highest BCUT2D eigenvalue weighted by Crippen LogP contribution is 2.20. The smallest absolute Gasteiger partial charge is 0.374 e. The molecule has 2 N–H and O–H groups in total. The summed E-state index contributed by atoms with van der Waals surface area (Å²) in [6.07, 6.45) is 18.6. The average Bonchev–Trinajstić information content (AvgIpc) is 2.55. The Labute approximate surface area is 149 Å². The summed E-state index contributed by atoms with van der Waals surface area (Å²) in [5.74, 6) is -5.27. The van der Waals surface area contributed by atoms with E-state index in [0.29, 0.717) is 18.6 Å². The van der Waals surface area contributed by atoms with Crippen LogP contribution in [0.2, 0.25) is 0 Å². The Bertz CT molecular complexity index is 477. The number of carboxylic acid groups (broad SMARTS) is 1. The van der Waals surface area contributed by atoms with Crippen LogP contribution in [-0.2, 0) is 4.79 Å². The number of rotatable bonds is 14. The maximum absolute atomic E-state index is 12.8. The summed E-state index contributed by atoms with van der Waals surface area (Å²) in [7, 11) is 0. The first-order valence-corrected chi connectivity index (χ1v) is 8.84. The minimum absolute atomic E-state index is 0.0428. The van der Waals surface area contributed by atoms with Crippen molar-refractivity contribution in [3.63, 3.8) is 0 Å². The van der Waals surface area contributed by atoms with Crippen molar-refractivity contribution in [1.82, 2.24) is 0 Å². The predicted molar refractivity (Wildman–Crippen MR) is 97.9 cm³/mol. The van der Waals surface area contributed by atoms with Gasteiger partial charge in [-0.25, -0.2) is 4.79 Å². The predicted octanol–water partition coefficient (Wildman–Crippen LogP) is 6.35. The molecule has 0 fully saturated rings. The summed E-state index contributed by atoms with van der Waals surface area (Å²) in [5, 5.41) is 17.9. The normalized spacial score (nSPS) is 13.5. The van der Waals surface area contributed by atoms with Gasteiger partial charge in [-0.05, 0) is 38.2 Å². The lowest BCUT2D eigenvalue weighted by Gasteiger charge is -2.08. The van der Waals surface area contributed by atoms with Gasteiger partial charge in [-0.15, -0.1) is 0 Å². The first-order valence-electron chi connectivity index (χ1n) is 8.84. The molecule has 0 aliphatic heterocycles. The van der Waals surface area contributed by atoms with Crippen molar-refractivity contribution in [1.29, 1.82) is 0 Å². The van der Waals surface area contributed by atoms with Gasteiger partial charge in [0, 0.05) is 12.8 Å². The van der Waals surface area contributed by atoms with E-state index in [9.17, 15) is 18.7 Å². The number of carboxylic acids is 1. The van der Waals surface area contributed by atoms with Gasteiger partial charge >= 0.3 is 11.9 Å². The second kappa shape index (κ2) is 14.4. The fourth-order valence-electron chi connectivity index (χ4n) is 1.99. The van der Waals surface area contributed by atoms with Crippen molar-refractivity contribution in [2.45, 2.75) is 70.6 Å². The summed E-state index contributed by atoms with van der Waals surface area (Å²) >= 11 is 0. The van der Waals surface area contributed by atoms with E-state index in [-0.39, 0.29) is 6.42 Å². The lowest BCUT2D eigenvalue weighted by Crippen LogP contribution is -2.27. The fraction of sp³-hybridized carbons (Fsp3) is 0.550. The molecule has 0 saturated carbocycles. The van der Waals surface area contributed by atoms with Gasteiger partial charge in [0.05, 0.1) is 5.76 Å². The molecule has 0 bridgehead atoms. The van der Waals surface area contributed by atoms with Crippen LogP contribution in [0.15, 0.2) is 48.3 Å². The molecule has 25 heavy (non-hydrogen) atoms. The third-order valence-electron chi connectivity index (χ3n) is 3.51. The van der Waals surface area contributed by atoms with Crippen LogP contribution in [0.1, 0.15) is 64.7 Å². The molecule has 142 valence electrons. The molecule has 0 aliphatic rings. The standard InChI is InChI=1S/C20H30F2O3/c1-2-3-12-15-18(23)16-13-10-8-6-4-5-7-9-11-14-17-20(21,22)19(24)25/h4-5,8-11,16,23H,2-3,6-7,12-15,17H2,1H3,(H,24,25)/b5-4-,10-8-,11-9-,18-16-. The molecule has 0 unspecified atom stereocenters. The van der Waals surface area contributed by atoms with Gasteiger partial charge in [0.2, 0.25) is 0 Å². The third-order valence-corrected chi connectivity index (χ3v) is 3.51. The highest BCUT2D eigenvalue weighted by Gasteiger charge is 2.37. The van der Waals surface area contributed by atoms with Crippen LogP contribution in [0.3, 0.4) is 0 Å². The van der Waals surface area contributed by atoms with Crippen molar-refractivity contribution in [3.05, 3.63) is 48.3 Å². The summed E-state index contributed by atoms with van der Waals surface area (Å²) < 4.78 is 25.6. The zero-order valence-corrected chi connectivity index (χ0v) is 15.0. The molecule has 0 radical (unpaired) electrons. The van der Waals surface area contributed by atoms with Crippen molar-refractivity contribution >= 4 is 5.97 Å². The van der Waals surface area contributed by atoms with Crippen LogP contribution >= 0.6 is 0 Å². The SMILES string of the molecule is CCCCC/C(O)=C/C/C=C\C/C=C\C/C=C\CCC(F)(F)C(=O)O. The summed E-state index contributed by atoms with van der Waals surface area (Å²) in [6, 6.07) is 0. The number of halogens is 2. The molecule has 0 heterocycles. The highest BCUT2D eigenvalue weighted by molar-refractivity contribution is 5.75. The number of alkyl halides is 2. The Morgan fingerprint density at radius 1 is 0.920 bits per heavy atom. The molecule has 0 aromatic heterocycles. The first-order chi connectivity index (χ1) is 11.9. The molecule has 0 rings (SSSR count). The minimum atomic E-state index is -3.65. The molecule has 0 aromatic rings. The maximum Gasteiger partial charge on any atom is 0.374 e. The number of hydrogen-bond donors (Lipinski definition) is 2. The summed E-state index contributed by atoms with van der Waals surface area (Å²) in [4.78, 5) is 10.2. The zero-order chi connectivity index (χ0) is 19.0. The number of hydrogen-bond acceptors (Lipinski definition) is 2. The molecule has 5 heteroatoms. The molecule has 0 aromatic carbocycles. The Morgan fingerprint density at radius 2 is 1.48 bits per heavy atom. The molecule has 0 amide bonds. The maximum atomic E-state index is 12.8. The third kappa shape index (κ3) is 14.2. The van der Waals surface area contributed by atoms with E-state index in [1.165, 1.54) is 0 Å². The van der Waals surface area contributed by atoms with E-state index in [0.717, 1.165) is 32.1 Å². The Hall–Kier alpha value is -1.91. The number of aliphatic hydroxyl groups is 1. The van der Waals surface area contributed by atoms with Crippen molar-refractivity contribution in [2.24, 2.45) is 0 Å². The minimum Gasteiger partial charge on any atom is -0.513 e. The lowest BCUT2D eigenvalue weighted by atomic mass is 10.1. The van der Waals surface area contributed by atoms with E-state index in [2.05, 4.69) is 6.92 Å². The van der Waals surface area contributed by atoms with Crippen molar-refractivity contribution in [3.8, 4) is 0 Å². The first kappa shape index (κ1) is 23.1. The number of unbranched alkanes of at least 4 members (excludes halogenated alkanes) is 2. The Kier molecular flexibility index (Phi) is 13.3. The zero-order valence-electron chi connectivity index (χ0n) is 15.0. The Morgan fingerprint density at radius 3 is 2.04 bits per heavy atom. The molecular formula is C20H30F2O3. The number of aliphatic hydroxyl groups excluding tert-OH is 1. The monoisotopic (exact) mass is 356 g/mol. The second-order valence-corrected chi connectivity index (χ2v) is 5.82. The van der Waals surface area contributed by atoms with Crippen LogP contribution in [0.25, 0.3) is 0 Å². The molecule has 3 nitrogen and oxygen atoms in total. The largest absolute Gasteiger partial charge is 0.513 e. The summed E-state index contributed by atoms with van der Waals surface area (Å²) in [5.41, 5.74) is 0. The van der Waals surface area contributed by atoms with E-state index >= 15 is 0 Å². The fourth-order valence-corrected chi connectivity index (χ4v) is 1.99. The van der Waals surface area contributed by atoms with Crippen molar-refractivity contribution < 1.29 is 23.8 Å². The van der Waals surface area contributed by atoms with E-state index in [1.807, 2.05) is 30.4 Å². The van der Waals surface area contributed by atoms with Crippen molar-refractivity contribution in [2.75, 3.05) is 0 Å². The molecule has 0 atom stereocenters. The quantitative estimate of drug-likeness (QED) is 0.217. The van der Waals surface area contributed by atoms with Gasteiger partial charge in [0.25, 0.3) is 0 Å². The number of carbonyl (C=O) groups is 1. The van der Waals surface area contributed by atoms with Gasteiger partial charge < -0.3 is 10.2 Å². The van der Waals surface area contributed by atoms with Crippen LogP contribution in [0, 0.1) is 0 Å². The van der Waals surface area contributed by atoms with Gasteiger partial charge in [-0.1, -0.05) is 56.2 Å². The molecular weight excluding hydrogens is 326 g/mol. The topological polar surface area (TPSA) is 57.5 Å². The van der Waals surface area contributed by atoms with Gasteiger partial charge in [-0.2, -0.15) is 8.78 Å². The van der Waals surface area contributed by atoms with Crippen LogP contribution in [0.5, 0.6) is 0 Å². The van der Waals surface area contributed by atoms with Crippen LogP contribution < -0.4 is 0 Å². The summed E-state index contributed by atoms with van der Waals surface area (Å²) in [6.45, 7) is 2.13. The Balaban J connectivity index is 3.73. The number of allylic oxidation sites excluding steroid dienone is 8.